The number of benzene rings is 1. The lowest BCUT2D eigenvalue weighted by atomic mass is 9.84. The smallest absolute Gasteiger partial charge is 0.293 e. The fourth-order valence-corrected chi connectivity index (χ4v) is 5.46. The average molecular weight is 381 g/mol. The van der Waals surface area contributed by atoms with Crippen molar-refractivity contribution in [2.45, 2.75) is 75.9 Å². The highest BCUT2D eigenvalue weighted by atomic mass is 16.6. The summed E-state index contributed by atoms with van der Waals surface area (Å²) in [7, 11) is 0. The first kappa shape index (κ1) is 18.1. The van der Waals surface area contributed by atoms with Crippen molar-refractivity contribution in [2.24, 2.45) is 10.9 Å². The van der Waals surface area contributed by atoms with Gasteiger partial charge in [0.2, 0.25) is 0 Å². The molecule has 1 aromatic carbocycles. The second-order valence-electron chi connectivity index (χ2n) is 8.90. The monoisotopic (exact) mass is 380 g/mol. The van der Waals surface area contributed by atoms with Crippen molar-refractivity contribution in [3.63, 3.8) is 0 Å². The van der Waals surface area contributed by atoms with E-state index in [2.05, 4.69) is 40.2 Å². The summed E-state index contributed by atoms with van der Waals surface area (Å²) in [5.41, 5.74) is 1.47. The molecule has 28 heavy (non-hydrogen) atoms. The van der Waals surface area contributed by atoms with Gasteiger partial charge >= 0.3 is 0 Å². The van der Waals surface area contributed by atoms with Gasteiger partial charge < -0.3 is 14.4 Å². The Morgan fingerprint density at radius 1 is 0.964 bits per heavy atom. The molecule has 2 aliphatic carbocycles. The third-order valence-electron chi connectivity index (χ3n) is 7.02. The molecule has 2 atom stereocenters. The molecule has 150 valence electrons. The average Bonchev–Trinajstić information content (AvgIpc) is 3.43. The predicted molar refractivity (Wildman–Crippen MR) is 112 cm³/mol. The van der Waals surface area contributed by atoms with Crippen molar-refractivity contribution in [3.05, 3.63) is 42.1 Å². The van der Waals surface area contributed by atoms with Crippen LogP contribution in [0.5, 0.6) is 5.75 Å². The summed E-state index contributed by atoms with van der Waals surface area (Å²) in [5.74, 6) is 2.44. The molecule has 3 fully saturated rings. The molecule has 1 saturated heterocycles. The standard InChI is InChI=1S/C24H32N2O2/c1-2-6-18(7-3-1)19-10-12-21(13-11-19)27-17-22-16-26-23(20-8-4-5-9-20)14-15-25-24(26)28-22/h10-15,18,20,22-23H,1-9,16-17H2/t22-,23?/m0/s1. The van der Waals surface area contributed by atoms with Crippen molar-refractivity contribution in [2.75, 3.05) is 13.2 Å². The van der Waals surface area contributed by atoms with Crippen molar-refractivity contribution >= 4 is 6.02 Å². The largest absolute Gasteiger partial charge is 0.490 e. The maximum absolute atomic E-state index is 6.10. The Bertz CT molecular complexity index is 715. The van der Waals surface area contributed by atoms with Crippen LogP contribution >= 0.6 is 0 Å². The van der Waals surface area contributed by atoms with Crippen molar-refractivity contribution in [1.29, 1.82) is 0 Å². The van der Waals surface area contributed by atoms with Crippen LogP contribution in [-0.4, -0.2) is 36.2 Å². The van der Waals surface area contributed by atoms with Crippen LogP contribution in [0.2, 0.25) is 0 Å². The molecule has 4 nitrogen and oxygen atoms in total. The molecule has 0 amide bonds. The Labute approximate surface area is 168 Å². The number of fused-ring (bicyclic) bond motifs is 1. The Kier molecular flexibility index (Phi) is 5.28. The van der Waals surface area contributed by atoms with E-state index < -0.39 is 0 Å². The van der Waals surface area contributed by atoms with Crippen molar-refractivity contribution < 1.29 is 9.47 Å². The number of amidine groups is 1. The van der Waals surface area contributed by atoms with Gasteiger partial charge in [-0.2, -0.15) is 0 Å². The van der Waals surface area contributed by atoms with Crippen LogP contribution in [0.1, 0.15) is 69.3 Å². The molecule has 0 aromatic heterocycles. The van der Waals surface area contributed by atoms with Gasteiger partial charge in [-0.05, 0) is 61.3 Å². The molecule has 2 saturated carbocycles. The van der Waals surface area contributed by atoms with Crippen LogP contribution in [0.3, 0.4) is 0 Å². The van der Waals surface area contributed by atoms with Crippen molar-refractivity contribution in [1.82, 2.24) is 4.90 Å². The minimum Gasteiger partial charge on any atom is -0.490 e. The molecule has 1 unspecified atom stereocenters. The van der Waals surface area contributed by atoms with Crippen LogP contribution < -0.4 is 4.74 Å². The molecular weight excluding hydrogens is 348 g/mol. The van der Waals surface area contributed by atoms with E-state index in [1.165, 1.54) is 63.4 Å². The van der Waals surface area contributed by atoms with E-state index in [4.69, 9.17) is 9.47 Å². The van der Waals surface area contributed by atoms with Gasteiger partial charge in [0.25, 0.3) is 6.02 Å². The lowest BCUT2D eigenvalue weighted by Gasteiger charge is -2.31. The summed E-state index contributed by atoms with van der Waals surface area (Å²) >= 11 is 0. The van der Waals surface area contributed by atoms with E-state index >= 15 is 0 Å². The van der Waals surface area contributed by atoms with Gasteiger partial charge in [0.15, 0.2) is 6.10 Å². The predicted octanol–water partition coefficient (Wildman–Crippen LogP) is 5.26. The molecule has 5 rings (SSSR count). The number of nitrogens with zero attached hydrogens (tertiary/aromatic N) is 2. The molecular formula is C24H32N2O2. The topological polar surface area (TPSA) is 34.1 Å². The number of aliphatic imine (C=N–C) groups is 1. The minimum atomic E-state index is 0.0561. The molecule has 0 spiro atoms. The molecule has 4 heteroatoms. The summed E-state index contributed by atoms with van der Waals surface area (Å²) in [4.78, 5) is 6.82. The maximum Gasteiger partial charge on any atom is 0.293 e. The van der Waals surface area contributed by atoms with Gasteiger partial charge in [-0.1, -0.05) is 44.2 Å². The third-order valence-corrected chi connectivity index (χ3v) is 7.02. The third kappa shape index (κ3) is 3.78. The molecule has 0 radical (unpaired) electrons. The first-order chi connectivity index (χ1) is 13.9. The Morgan fingerprint density at radius 3 is 2.50 bits per heavy atom. The second kappa shape index (κ2) is 8.18. The van der Waals surface area contributed by atoms with Gasteiger partial charge in [0.05, 0.1) is 12.6 Å². The zero-order valence-electron chi connectivity index (χ0n) is 16.8. The zero-order chi connectivity index (χ0) is 18.8. The van der Waals surface area contributed by atoms with Gasteiger partial charge in [-0.3, -0.25) is 0 Å². The minimum absolute atomic E-state index is 0.0561. The summed E-state index contributed by atoms with van der Waals surface area (Å²) in [6.45, 7) is 1.46. The Balaban J connectivity index is 1.15. The summed E-state index contributed by atoms with van der Waals surface area (Å²) in [6, 6.07) is 10.0. The van der Waals surface area contributed by atoms with Gasteiger partial charge in [0, 0.05) is 6.20 Å². The van der Waals surface area contributed by atoms with E-state index in [1.54, 1.807) is 0 Å². The van der Waals surface area contributed by atoms with Crippen LogP contribution in [-0.2, 0) is 4.74 Å². The zero-order valence-corrected chi connectivity index (χ0v) is 16.8. The van der Waals surface area contributed by atoms with Gasteiger partial charge in [-0.15, -0.1) is 0 Å². The molecule has 0 bridgehead atoms. The van der Waals surface area contributed by atoms with Crippen LogP contribution in [0.4, 0.5) is 0 Å². The molecule has 0 N–H and O–H groups in total. The lowest BCUT2D eigenvalue weighted by molar-refractivity contribution is 0.145. The molecule has 2 aliphatic heterocycles. The van der Waals surface area contributed by atoms with E-state index in [9.17, 15) is 0 Å². The van der Waals surface area contributed by atoms with E-state index in [0.29, 0.717) is 12.6 Å². The van der Waals surface area contributed by atoms with E-state index in [1.807, 2.05) is 6.20 Å². The van der Waals surface area contributed by atoms with Crippen LogP contribution in [0.25, 0.3) is 0 Å². The Hall–Kier alpha value is -1.97. The first-order valence-corrected chi connectivity index (χ1v) is 11.3. The highest BCUT2D eigenvalue weighted by Gasteiger charge is 2.39. The van der Waals surface area contributed by atoms with E-state index in [-0.39, 0.29) is 6.10 Å². The van der Waals surface area contributed by atoms with Gasteiger partial charge in [0.1, 0.15) is 12.4 Å². The normalized spacial score (nSPS) is 28.1. The number of hydrogen-bond donors (Lipinski definition) is 0. The summed E-state index contributed by atoms with van der Waals surface area (Å²) in [5, 5.41) is 0. The van der Waals surface area contributed by atoms with Crippen molar-refractivity contribution in [3.8, 4) is 5.75 Å². The fraction of sp³-hybridized carbons (Fsp3) is 0.625. The quantitative estimate of drug-likeness (QED) is 0.699. The van der Waals surface area contributed by atoms with Crippen LogP contribution in [0, 0.1) is 5.92 Å². The van der Waals surface area contributed by atoms with Gasteiger partial charge in [-0.25, -0.2) is 4.99 Å². The number of hydrogen-bond acceptors (Lipinski definition) is 4. The molecule has 1 aromatic rings. The summed E-state index contributed by atoms with van der Waals surface area (Å²) in [6.07, 6.45) is 16.4. The first-order valence-electron chi connectivity index (χ1n) is 11.3. The van der Waals surface area contributed by atoms with Crippen LogP contribution in [0.15, 0.2) is 41.5 Å². The number of rotatable bonds is 5. The SMILES string of the molecule is C1=CC(C2CCCC2)N2C[C@@H](COc3ccc(C4CCCCC4)cc3)OC2=N1. The molecule has 4 aliphatic rings. The highest BCUT2D eigenvalue weighted by Crippen LogP contribution is 2.35. The maximum atomic E-state index is 6.10. The fourth-order valence-electron chi connectivity index (χ4n) is 5.46. The lowest BCUT2D eigenvalue weighted by Crippen LogP contribution is -2.41. The number of ether oxygens (including phenoxy) is 2. The Morgan fingerprint density at radius 2 is 1.71 bits per heavy atom. The highest BCUT2D eigenvalue weighted by molar-refractivity contribution is 5.78. The second-order valence-corrected chi connectivity index (χ2v) is 8.90. The van der Waals surface area contributed by atoms with E-state index in [0.717, 1.165) is 30.2 Å². The summed E-state index contributed by atoms with van der Waals surface area (Å²) < 4.78 is 12.2. The molecule has 2 heterocycles.